The number of pyridine rings is 3. The molecule has 214 valence electrons. The number of rotatable bonds is 4. The molecule has 0 bridgehead atoms. The zero-order valence-electron chi connectivity index (χ0n) is 24.7. The van der Waals surface area contributed by atoms with E-state index in [-0.39, 0.29) is 0 Å². The summed E-state index contributed by atoms with van der Waals surface area (Å²) in [5, 5.41) is 4.18. The molecule has 46 heavy (non-hydrogen) atoms. The first-order chi connectivity index (χ1) is 22.8. The average molecular weight is 588 g/mol. The number of aromatic nitrogens is 5. The molecule has 0 saturated heterocycles. The van der Waals surface area contributed by atoms with E-state index in [4.69, 9.17) is 19.9 Å². The van der Waals surface area contributed by atoms with Crippen molar-refractivity contribution >= 4 is 43.6 Å². The quantitative estimate of drug-likeness (QED) is 0.151. The van der Waals surface area contributed by atoms with Crippen LogP contribution in [0.1, 0.15) is 0 Å². The van der Waals surface area contributed by atoms with Gasteiger partial charge in [0.15, 0.2) is 5.82 Å². The maximum absolute atomic E-state index is 5.25. The van der Waals surface area contributed by atoms with Gasteiger partial charge in [0, 0.05) is 50.0 Å². The van der Waals surface area contributed by atoms with Gasteiger partial charge in [-0.25, -0.2) is 19.9 Å². The SMILES string of the molecule is c1ccc(-c2cc(-c3ccccc3)nc(-c3cccc(-c4nc5cc6ccc7cccnc7c6nc5c5ccccc45)c3)n2)cc1. The molecule has 0 radical (unpaired) electrons. The predicted molar refractivity (Wildman–Crippen MR) is 187 cm³/mol. The van der Waals surface area contributed by atoms with E-state index in [0.29, 0.717) is 5.82 Å². The standard InChI is InChI=1S/C41H25N5/c1-3-11-26(12-4-1)34-25-35(27-13-5-2-6-14-27)45-41(44-34)31-16-9-15-29(23-31)37-32-18-7-8-19-33(32)40-36(43-37)24-30-21-20-28-17-10-22-42-38(28)39(30)46-40/h1-25H. The van der Waals surface area contributed by atoms with Crippen molar-refractivity contribution in [2.24, 2.45) is 0 Å². The highest BCUT2D eigenvalue weighted by molar-refractivity contribution is 6.14. The molecule has 0 aliphatic heterocycles. The van der Waals surface area contributed by atoms with E-state index < -0.39 is 0 Å². The van der Waals surface area contributed by atoms with Gasteiger partial charge in [0.1, 0.15) is 0 Å². The first-order valence-electron chi connectivity index (χ1n) is 15.3. The molecule has 5 aromatic carbocycles. The summed E-state index contributed by atoms with van der Waals surface area (Å²) in [5.41, 5.74) is 10.2. The maximum Gasteiger partial charge on any atom is 0.160 e. The molecule has 0 saturated carbocycles. The monoisotopic (exact) mass is 587 g/mol. The van der Waals surface area contributed by atoms with E-state index in [9.17, 15) is 0 Å². The highest BCUT2D eigenvalue weighted by Gasteiger charge is 2.16. The van der Waals surface area contributed by atoms with Crippen molar-refractivity contribution in [3.8, 4) is 45.2 Å². The largest absolute Gasteiger partial charge is 0.254 e. The lowest BCUT2D eigenvalue weighted by Gasteiger charge is -2.13. The zero-order chi connectivity index (χ0) is 30.5. The van der Waals surface area contributed by atoms with Crippen LogP contribution in [0.4, 0.5) is 0 Å². The molecule has 5 heteroatoms. The fourth-order valence-electron chi connectivity index (χ4n) is 6.24. The zero-order valence-corrected chi connectivity index (χ0v) is 24.7. The summed E-state index contributed by atoms with van der Waals surface area (Å²) in [5.74, 6) is 0.666. The molecule has 0 aliphatic rings. The smallest absolute Gasteiger partial charge is 0.160 e. The van der Waals surface area contributed by atoms with Gasteiger partial charge in [-0.2, -0.15) is 0 Å². The maximum atomic E-state index is 5.25. The van der Waals surface area contributed by atoms with Gasteiger partial charge in [-0.05, 0) is 24.3 Å². The van der Waals surface area contributed by atoms with Crippen LogP contribution in [0.5, 0.6) is 0 Å². The first kappa shape index (κ1) is 26.1. The van der Waals surface area contributed by atoms with E-state index in [1.807, 2.05) is 48.7 Å². The fraction of sp³-hybridized carbons (Fsp3) is 0. The minimum Gasteiger partial charge on any atom is -0.254 e. The molecule has 9 rings (SSSR count). The second-order valence-electron chi connectivity index (χ2n) is 11.3. The normalized spacial score (nSPS) is 11.5. The van der Waals surface area contributed by atoms with Gasteiger partial charge in [-0.1, -0.05) is 121 Å². The van der Waals surface area contributed by atoms with Gasteiger partial charge in [0.2, 0.25) is 0 Å². The Bertz CT molecular complexity index is 2520. The number of nitrogens with zero attached hydrogens (tertiary/aromatic N) is 5. The molecule has 0 aliphatic carbocycles. The Morgan fingerprint density at radius 2 is 1.02 bits per heavy atom. The van der Waals surface area contributed by atoms with Gasteiger partial charge in [-0.3, -0.25) is 4.98 Å². The van der Waals surface area contributed by atoms with E-state index >= 15 is 0 Å². The summed E-state index contributed by atoms with van der Waals surface area (Å²) in [6, 6.07) is 49.7. The Morgan fingerprint density at radius 1 is 0.370 bits per heavy atom. The van der Waals surface area contributed by atoms with Gasteiger partial charge in [-0.15, -0.1) is 0 Å². The van der Waals surface area contributed by atoms with E-state index in [1.165, 1.54) is 0 Å². The van der Waals surface area contributed by atoms with Gasteiger partial charge >= 0.3 is 0 Å². The van der Waals surface area contributed by atoms with E-state index in [2.05, 4.69) is 108 Å². The molecule has 0 unspecified atom stereocenters. The van der Waals surface area contributed by atoms with Gasteiger partial charge < -0.3 is 0 Å². The van der Waals surface area contributed by atoms with Crippen molar-refractivity contribution in [3.05, 3.63) is 152 Å². The second-order valence-corrected chi connectivity index (χ2v) is 11.3. The van der Waals surface area contributed by atoms with Crippen molar-refractivity contribution in [2.45, 2.75) is 0 Å². The van der Waals surface area contributed by atoms with Crippen molar-refractivity contribution in [3.63, 3.8) is 0 Å². The Morgan fingerprint density at radius 3 is 1.78 bits per heavy atom. The summed E-state index contributed by atoms with van der Waals surface area (Å²) < 4.78 is 0. The molecule has 4 aromatic heterocycles. The second kappa shape index (κ2) is 10.7. The van der Waals surface area contributed by atoms with Crippen molar-refractivity contribution in [1.82, 2.24) is 24.9 Å². The van der Waals surface area contributed by atoms with Crippen molar-refractivity contribution in [1.29, 1.82) is 0 Å². The lowest BCUT2D eigenvalue weighted by Crippen LogP contribution is -1.97. The molecule has 0 atom stereocenters. The third-order valence-corrected chi connectivity index (χ3v) is 8.47. The summed E-state index contributed by atoms with van der Waals surface area (Å²) in [4.78, 5) is 25.2. The Kier molecular flexibility index (Phi) is 6.06. The highest BCUT2D eigenvalue weighted by Crippen LogP contribution is 2.36. The molecular formula is C41H25N5. The first-order valence-corrected chi connectivity index (χ1v) is 15.3. The van der Waals surface area contributed by atoms with Gasteiger partial charge in [0.05, 0.1) is 39.1 Å². The summed E-state index contributed by atoms with van der Waals surface area (Å²) in [6.45, 7) is 0. The average Bonchev–Trinajstić information content (AvgIpc) is 3.14. The number of hydrogen-bond acceptors (Lipinski definition) is 5. The van der Waals surface area contributed by atoms with Crippen LogP contribution >= 0.6 is 0 Å². The van der Waals surface area contributed by atoms with Crippen LogP contribution < -0.4 is 0 Å². The Hall–Kier alpha value is -6.33. The Labute approximate surface area is 264 Å². The fourth-order valence-corrected chi connectivity index (χ4v) is 6.24. The molecule has 5 nitrogen and oxygen atoms in total. The number of fused-ring (bicyclic) bond motifs is 6. The third kappa shape index (κ3) is 4.45. The van der Waals surface area contributed by atoms with Crippen LogP contribution in [-0.2, 0) is 0 Å². The number of benzene rings is 5. The molecule has 9 aromatic rings. The molecule has 0 N–H and O–H groups in total. The highest BCUT2D eigenvalue weighted by atomic mass is 14.9. The molecular weight excluding hydrogens is 562 g/mol. The summed E-state index contributed by atoms with van der Waals surface area (Å²) >= 11 is 0. The lowest BCUT2D eigenvalue weighted by molar-refractivity contribution is 1.18. The van der Waals surface area contributed by atoms with Crippen LogP contribution in [0.3, 0.4) is 0 Å². The summed E-state index contributed by atoms with van der Waals surface area (Å²) in [6.07, 6.45) is 1.82. The minimum atomic E-state index is 0.666. The minimum absolute atomic E-state index is 0.666. The van der Waals surface area contributed by atoms with Crippen LogP contribution in [0.25, 0.3) is 88.8 Å². The third-order valence-electron chi connectivity index (χ3n) is 8.47. The van der Waals surface area contributed by atoms with Crippen LogP contribution in [0.15, 0.2) is 152 Å². The Balaban J connectivity index is 1.24. The van der Waals surface area contributed by atoms with Crippen LogP contribution in [0, 0.1) is 0 Å². The molecule has 4 heterocycles. The predicted octanol–water partition coefficient (Wildman–Crippen LogP) is 9.94. The molecule has 0 amide bonds. The summed E-state index contributed by atoms with van der Waals surface area (Å²) in [7, 11) is 0. The van der Waals surface area contributed by atoms with Gasteiger partial charge in [0.25, 0.3) is 0 Å². The van der Waals surface area contributed by atoms with E-state index in [1.54, 1.807) is 0 Å². The molecule has 0 spiro atoms. The topological polar surface area (TPSA) is 64.5 Å². The van der Waals surface area contributed by atoms with Crippen molar-refractivity contribution in [2.75, 3.05) is 0 Å². The van der Waals surface area contributed by atoms with Crippen LogP contribution in [-0.4, -0.2) is 24.9 Å². The van der Waals surface area contributed by atoms with Crippen LogP contribution in [0.2, 0.25) is 0 Å². The van der Waals surface area contributed by atoms with Crippen molar-refractivity contribution < 1.29 is 0 Å². The number of hydrogen-bond donors (Lipinski definition) is 0. The lowest BCUT2D eigenvalue weighted by atomic mass is 9.99. The molecule has 0 fully saturated rings. The van der Waals surface area contributed by atoms with E-state index in [0.717, 1.165) is 82.9 Å².